The summed E-state index contributed by atoms with van der Waals surface area (Å²) in [6.45, 7) is 16.1. The molecule has 0 saturated carbocycles. The van der Waals surface area contributed by atoms with E-state index in [0.717, 1.165) is 32.5 Å². The van der Waals surface area contributed by atoms with Crippen LogP contribution in [0.4, 0.5) is 0 Å². The van der Waals surface area contributed by atoms with Gasteiger partial charge in [-0.1, -0.05) is 13.8 Å². The summed E-state index contributed by atoms with van der Waals surface area (Å²) < 4.78 is 0. The number of hydrogen-bond acceptors (Lipinski definition) is 3. The van der Waals surface area contributed by atoms with Gasteiger partial charge in [-0.05, 0) is 53.0 Å². The first-order valence-electron chi connectivity index (χ1n) is 7.19. The first-order chi connectivity index (χ1) is 8.08. The average Bonchev–Trinajstić information content (AvgIpc) is 2.23. The van der Waals surface area contributed by atoms with Crippen LogP contribution in [0.2, 0.25) is 0 Å². The van der Waals surface area contributed by atoms with E-state index >= 15 is 0 Å². The first-order valence-corrected chi connectivity index (χ1v) is 7.19. The molecule has 110 valence electrons. The molecule has 0 aliphatic carbocycles. The minimum Gasteiger partial charge on any atom is -0.393 e. The highest BCUT2D eigenvalue weighted by atomic mass is 16.3. The number of hydrogen-bond donors (Lipinski definition) is 2. The van der Waals surface area contributed by atoms with Gasteiger partial charge in [0.1, 0.15) is 0 Å². The molecule has 18 heavy (non-hydrogen) atoms. The predicted octanol–water partition coefficient (Wildman–Crippen LogP) is 2.49. The first kappa shape index (κ1) is 17.9. The molecule has 0 aromatic heterocycles. The topological polar surface area (TPSA) is 35.5 Å². The molecule has 2 unspecified atom stereocenters. The molecule has 0 rings (SSSR count). The molecule has 0 aliphatic rings. The van der Waals surface area contributed by atoms with E-state index in [1.807, 2.05) is 6.92 Å². The van der Waals surface area contributed by atoms with E-state index < -0.39 is 0 Å². The summed E-state index contributed by atoms with van der Waals surface area (Å²) in [7, 11) is 2.15. The van der Waals surface area contributed by atoms with Crippen molar-refractivity contribution in [3.63, 3.8) is 0 Å². The molecule has 3 nitrogen and oxygen atoms in total. The molecule has 0 spiro atoms. The van der Waals surface area contributed by atoms with Crippen molar-refractivity contribution in [1.82, 2.24) is 10.2 Å². The molecule has 0 saturated heterocycles. The summed E-state index contributed by atoms with van der Waals surface area (Å²) in [5, 5.41) is 12.9. The molecule has 0 fully saturated rings. The molecular formula is C15H34N2O. The Morgan fingerprint density at radius 2 is 1.78 bits per heavy atom. The summed E-state index contributed by atoms with van der Waals surface area (Å²) in [5.41, 5.74) is 0.468. The minimum absolute atomic E-state index is 0.175. The van der Waals surface area contributed by atoms with Crippen LogP contribution in [0.5, 0.6) is 0 Å². The molecule has 2 atom stereocenters. The molecule has 0 aromatic carbocycles. The van der Waals surface area contributed by atoms with E-state index in [1.165, 1.54) is 0 Å². The lowest BCUT2D eigenvalue weighted by molar-refractivity contribution is 0.133. The highest BCUT2D eigenvalue weighted by Crippen LogP contribution is 2.22. The van der Waals surface area contributed by atoms with E-state index in [1.54, 1.807) is 0 Å². The summed E-state index contributed by atoms with van der Waals surface area (Å²) >= 11 is 0. The van der Waals surface area contributed by atoms with Gasteiger partial charge in [0.2, 0.25) is 0 Å². The minimum atomic E-state index is -0.201. The Labute approximate surface area is 114 Å². The number of nitrogens with zero attached hydrogens (tertiary/aromatic N) is 1. The highest BCUT2D eigenvalue weighted by molar-refractivity contribution is 4.82. The van der Waals surface area contributed by atoms with Crippen LogP contribution in [0, 0.1) is 5.41 Å². The summed E-state index contributed by atoms with van der Waals surface area (Å²) in [6.07, 6.45) is 1.81. The SMILES string of the molecule is CCC(C)(CNC(C)(C)C)CN(C)CCC(C)O. The second-order valence-electron chi connectivity index (χ2n) is 7.14. The van der Waals surface area contributed by atoms with Crippen LogP contribution in [-0.2, 0) is 0 Å². The van der Waals surface area contributed by atoms with Gasteiger partial charge in [-0.2, -0.15) is 0 Å². The van der Waals surface area contributed by atoms with Crippen molar-refractivity contribution in [1.29, 1.82) is 0 Å². The zero-order chi connectivity index (χ0) is 14.4. The van der Waals surface area contributed by atoms with Crippen molar-refractivity contribution in [3.8, 4) is 0 Å². The molecule has 2 N–H and O–H groups in total. The van der Waals surface area contributed by atoms with Crippen LogP contribution in [-0.4, -0.2) is 48.3 Å². The maximum atomic E-state index is 9.33. The lowest BCUT2D eigenvalue weighted by atomic mass is 9.86. The van der Waals surface area contributed by atoms with E-state index in [9.17, 15) is 5.11 Å². The normalized spacial score (nSPS) is 17.8. The second kappa shape index (κ2) is 7.46. The van der Waals surface area contributed by atoms with Crippen LogP contribution in [0.25, 0.3) is 0 Å². The summed E-state index contributed by atoms with van der Waals surface area (Å²) in [4.78, 5) is 2.33. The Hall–Kier alpha value is -0.120. The average molecular weight is 258 g/mol. The van der Waals surface area contributed by atoms with Gasteiger partial charge in [-0.25, -0.2) is 0 Å². The Morgan fingerprint density at radius 1 is 1.22 bits per heavy atom. The zero-order valence-corrected chi connectivity index (χ0v) is 13.5. The maximum Gasteiger partial charge on any atom is 0.0524 e. The van der Waals surface area contributed by atoms with Crippen molar-refractivity contribution in [3.05, 3.63) is 0 Å². The van der Waals surface area contributed by atoms with Gasteiger partial charge in [0, 0.05) is 25.2 Å². The largest absolute Gasteiger partial charge is 0.393 e. The van der Waals surface area contributed by atoms with E-state index in [2.05, 4.69) is 51.9 Å². The number of aliphatic hydroxyl groups excluding tert-OH is 1. The molecule has 0 heterocycles. The highest BCUT2D eigenvalue weighted by Gasteiger charge is 2.25. The Bertz CT molecular complexity index is 223. The lowest BCUT2D eigenvalue weighted by Crippen LogP contribution is -2.47. The molecule has 0 amide bonds. The van der Waals surface area contributed by atoms with Gasteiger partial charge in [-0.15, -0.1) is 0 Å². The fraction of sp³-hybridized carbons (Fsp3) is 1.00. The third-order valence-electron chi connectivity index (χ3n) is 3.48. The third-order valence-corrected chi connectivity index (χ3v) is 3.48. The van der Waals surface area contributed by atoms with Crippen LogP contribution in [0.3, 0.4) is 0 Å². The van der Waals surface area contributed by atoms with E-state index in [4.69, 9.17) is 0 Å². The van der Waals surface area contributed by atoms with Crippen molar-refractivity contribution in [2.24, 2.45) is 5.41 Å². The summed E-state index contributed by atoms with van der Waals surface area (Å²) in [6, 6.07) is 0. The van der Waals surface area contributed by atoms with Gasteiger partial charge in [0.05, 0.1) is 6.10 Å². The second-order valence-corrected chi connectivity index (χ2v) is 7.14. The molecular weight excluding hydrogens is 224 g/mol. The Balaban J connectivity index is 4.20. The van der Waals surface area contributed by atoms with Gasteiger partial charge in [0.15, 0.2) is 0 Å². The Kier molecular flexibility index (Phi) is 7.41. The van der Waals surface area contributed by atoms with Gasteiger partial charge < -0.3 is 15.3 Å². The van der Waals surface area contributed by atoms with Gasteiger partial charge in [-0.3, -0.25) is 0 Å². The monoisotopic (exact) mass is 258 g/mol. The van der Waals surface area contributed by atoms with Gasteiger partial charge >= 0.3 is 0 Å². The quantitative estimate of drug-likeness (QED) is 0.702. The van der Waals surface area contributed by atoms with E-state index in [-0.39, 0.29) is 11.6 Å². The Morgan fingerprint density at radius 3 is 2.17 bits per heavy atom. The molecule has 0 bridgehead atoms. The lowest BCUT2D eigenvalue weighted by Gasteiger charge is -2.36. The number of rotatable bonds is 8. The van der Waals surface area contributed by atoms with Crippen molar-refractivity contribution in [2.45, 2.75) is 66.0 Å². The smallest absolute Gasteiger partial charge is 0.0524 e. The number of nitrogens with one attached hydrogen (secondary N) is 1. The predicted molar refractivity (Wildman–Crippen MR) is 79.9 cm³/mol. The van der Waals surface area contributed by atoms with Crippen LogP contribution in [0.15, 0.2) is 0 Å². The fourth-order valence-electron chi connectivity index (χ4n) is 1.91. The third kappa shape index (κ3) is 8.90. The van der Waals surface area contributed by atoms with Crippen molar-refractivity contribution in [2.75, 3.05) is 26.7 Å². The zero-order valence-electron chi connectivity index (χ0n) is 13.5. The molecule has 3 heteroatoms. The van der Waals surface area contributed by atoms with E-state index in [0.29, 0.717) is 5.41 Å². The molecule has 0 radical (unpaired) electrons. The van der Waals surface area contributed by atoms with Crippen LogP contribution in [0.1, 0.15) is 54.4 Å². The molecule has 0 aliphatic heterocycles. The maximum absolute atomic E-state index is 9.33. The van der Waals surface area contributed by atoms with Crippen LogP contribution < -0.4 is 5.32 Å². The number of aliphatic hydroxyl groups is 1. The van der Waals surface area contributed by atoms with Crippen LogP contribution >= 0.6 is 0 Å². The van der Waals surface area contributed by atoms with Crippen molar-refractivity contribution >= 4 is 0 Å². The van der Waals surface area contributed by atoms with Gasteiger partial charge in [0.25, 0.3) is 0 Å². The fourth-order valence-corrected chi connectivity index (χ4v) is 1.91. The van der Waals surface area contributed by atoms with Crippen molar-refractivity contribution < 1.29 is 5.11 Å². The summed E-state index contributed by atoms with van der Waals surface area (Å²) in [5.74, 6) is 0. The molecule has 0 aromatic rings. The standard InChI is InChI=1S/C15H34N2O/c1-8-15(6,11-16-14(3,4)5)12-17(7)10-9-13(2)18/h13,16,18H,8-12H2,1-7H3.